The van der Waals surface area contributed by atoms with Crippen LogP contribution in [0.5, 0.6) is 5.75 Å². The van der Waals surface area contributed by atoms with Crippen LogP contribution in [0.3, 0.4) is 0 Å². The molecule has 1 atom stereocenters. The van der Waals surface area contributed by atoms with Crippen molar-refractivity contribution in [2.24, 2.45) is 0 Å². The molecule has 3 aromatic rings. The number of para-hydroxylation sites is 1. The maximum Gasteiger partial charge on any atom is 0.300 e. The van der Waals surface area contributed by atoms with Crippen LogP contribution in [0.1, 0.15) is 24.3 Å². The molecule has 4 rings (SSSR count). The van der Waals surface area contributed by atoms with Crippen LogP contribution in [0.4, 0.5) is 11.4 Å². The number of carbonyl (C=O) groups is 3. The topological polar surface area (TPSA) is 109 Å². The van der Waals surface area contributed by atoms with E-state index >= 15 is 0 Å². The number of amides is 2. The monoisotopic (exact) mass is 432 g/mol. The molecule has 32 heavy (non-hydrogen) atoms. The molecule has 1 fully saturated rings. The van der Waals surface area contributed by atoms with Crippen molar-refractivity contribution in [3.05, 3.63) is 83.8 Å². The van der Waals surface area contributed by atoms with Crippen molar-refractivity contribution >= 4 is 34.7 Å². The van der Waals surface area contributed by atoms with Crippen molar-refractivity contribution in [3.63, 3.8) is 0 Å². The third-order valence-corrected chi connectivity index (χ3v) is 5.09. The van der Waals surface area contributed by atoms with Gasteiger partial charge in [-0.2, -0.15) is 0 Å². The van der Waals surface area contributed by atoms with E-state index in [1.807, 2.05) is 0 Å². The lowest BCUT2D eigenvalue weighted by Crippen LogP contribution is -2.29. The number of ether oxygens (including phenoxy) is 1. The Kier molecular flexibility index (Phi) is 5.51. The first-order chi connectivity index (χ1) is 15.4. The molecule has 8 heteroatoms. The van der Waals surface area contributed by atoms with Gasteiger partial charge in [-0.1, -0.05) is 12.1 Å². The molecule has 0 aliphatic carbocycles. The van der Waals surface area contributed by atoms with Gasteiger partial charge in [-0.3, -0.25) is 19.3 Å². The molecular formula is C24H20N2O6. The number of Topliss-reactive ketones (excluding diaryl/α,β-unsaturated/α-hetero) is 1. The molecule has 0 radical (unpaired) electrons. The lowest BCUT2D eigenvalue weighted by Gasteiger charge is -2.23. The molecule has 0 saturated carbocycles. The number of hydrogen-bond donors (Lipinski definition) is 2. The van der Waals surface area contributed by atoms with Crippen LogP contribution in [0.25, 0.3) is 5.76 Å². The summed E-state index contributed by atoms with van der Waals surface area (Å²) in [4.78, 5) is 38.7. The largest absolute Gasteiger partial charge is 0.507 e. The average molecular weight is 432 g/mol. The fraction of sp³-hybridized carbons (Fsp3) is 0.125. The molecule has 0 bridgehead atoms. The van der Waals surface area contributed by atoms with Crippen molar-refractivity contribution < 1.29 is 28.6 Å². The second-order valence-corrected chi connectivity index (χ2v) is 7.11. The Hall–Kier alpha value is -4.33. The van der Waals surface area contributed by atoms with Crippen LogP contribution in [0.15, 0.2) is 76.9 Å². The van der Waals surface area contributed by atoms with E-state index in [0.717, 1.165) is 0 Å². The van der Waals surface area contributed by atoms with Gasteiger partial charge in [-0.15, -0.1) is 0 Å². The van der Waals surface area contributed by atoms with Gasteiger partial charge in [0.2, 0.25) is 5.91 Å². The molecule has 2 aromatic carbocycles. The quantitative estimate of drug-likeness (QED) is 0.360. The number of methoxy groups -OCH3 is 1. The highest BCUT2D eigenvalue weighted by molar-refractivity contribution is 6.51. The van der Waals surface area contributed by atoms with Crippen molar-refractivity contribution in [3.8, 4) is 5.75 Å². The van der Waals surface area contributed by atoms with Gasteiger partial charge in [0.15, 0.2) is 0 Å². The number of benzene rings is 2. The highest BCUT2D eigenvalue weighted by Gasteiger charge is 2.48. The summed E-state index contributed by atoms with van der Waals surface area (Å²) >= 11 is 0. The summed E-state index contributed by atoms with van der Waals surface area (Å²) < 4.78 is 10.8. The number of anilines is 2. The Morgan fingerprint density at radius 1 is 1.06 bits per heavy atom. The maximum absolute atomic E-state index is 13.1. The summed E-state index contributed by atoms with van der Waals surface area (Å²) in [5, 5.41) is 13.8. The molecule has 2 amide bonds. The average Bonchev–Trinajstić information content (AvgIpc) is 3.41. The number of ketones is 1. The van der Waals surface area contributed by atoms with E-state index in [0.29, 0.717) is 22.9 Å². The number of nitrogens with one attached hydrogen (secondary N) is 1. The van der Waals surface area contributed by atoms with Gasteiger partial charge >= 0.3 is 0 Å². The summed E-state index contributed by atoms with van der Waals surface area (Å²) in [7, 11) is 1.45. The lowest BCUT2D eigenvalue weighted by atomic mass is 9.98. The van der Waals surface area contributed by atoms with Gasteiger partial charge in [-0.05, 0) is 48.5 Å². The first-order valence-corrected chi connectivity index (χ1v) is 9.78. The Morgan fingerprint density at radius 3 is 2.41 bits per heavy atom. The van der Waals surface area contributed by atoms with Crippen molar-refractivity contribution in [2.75, 3.05) is 17.3 Å². The molecule has 1 aromatic heterocycles. The third-order valence-electron chi connectivity index (χ3n) is 5.09. The van der Waals surface area contributed by atoms with Crippen molar-refractivity contribution in [1.82, 2.24) is 0 Å². The van der Waals surface area contributed by atoms with Gasteiger partial charge in [0, 0.05) is 18.3 Å². The zero-order valence-corrected chi connectivity index (χ0v) is 17.4. The molecule has 0 spiro atoms. The summed E-state index contributed by atoms with van der Waals surface area (Å²) in [6.45, 7) is 1.39. The molecule has 1 aliphatic heterocycles. The van der Waals surface area contributed by atoms with E-state index in [4.69, 9.17) is 9.15 Å². The first-order valence-electron chi connectivity index (χ1n) is 9.78. The van der Waals surface area contributed by atoms with Gasteiger partial charge in [-0.25, -0.2) is 0 Å². The Bertz CT molecular complexity index is 1210. The summed E-state index contributed by atoms with van der Waals surface area (Å²) in [5.41, 5.74) is 1.12. The molecular weight excluding hydrogens is 412 g/mol. The Morgan fingerprint density at radius 2 is 1.78 bits per heavy atom. The zero-order valence-electron chi connectivity index (χ0n) is 17.4. The second kappa shape index (κ2) is 8.43. The minimum absolute atomic E-state index is 0.111. The fourth-order valence-corrected chi connectivity index (χ4v) is 3.71. The van der Waals surface area contributed by atoms with Gasteiger partial charge < -0.3 is 19.6 Å². The smallest absolute Gasteiger partial charge is 0.300 e. The van der Waals surface area contributed by atoms with Crippen LogP contribution < -0.4 is 15.0 Å². The molecule has 8 nitrogen and oxygen atoms in total. The van der Waals surface area contributed by atoms with Crippen molar-refractivity contribution in [1.29, 1.82) is 0 Å². The highest BCUT2D eigenvalue weighted by Crippen LogP contribution is 2.43. The number of rotatable bonds is 5. The zero-order chi connectivity index (χ0) is 22.8. The van der Waals surface area contributed by atoms with E-state index in [2.05, 4.69) is 5.32 Å². The van der Waals surface area contributed by atoms with Gasteiger partial charge in [0.1, 0.15) is 23.3 Å². The van der Waals surface area contributed by atoms with E-state index < -0.39 is 17.7 Å². The highest BCUT2D eigenvalue weighted by atomic mass is 16.5. The Balaban J connectivity index is 1.86. The maximum atomic E-state index is 13.1. The minimum atomic E-state index is -0.985. The normalized spacial score (nSPS) is 17.4. The first kappa shape index (κ1) is 20.9. The SMILES string of the molecule is COc1ccccc1/C(O)=C1/C(=O)C(=O)N(c2ccc(NC(C)=O)cc2)C1c1ccco1. The van der Waals surface area contributed by atoms with Crippen LogP contribution in [0.2, 0.25) is 0 Å². The van der Waals surface area contributed by atoms with E-state index in [1.54, 1.807) is 60.7 Å². The lowest BCUT2D eigenvalue weighted by molar-refractivity contribution is -0.132. The fourth-order valence-electron chi connectivity index (χ4n) is 3.71. The van der Waals surface area contributed by atoms with Crippen LogP contribution in [0, 0.1) is 0 Å². The number of hydrogen-bond acceptors (Lipinski definition) is 6. The molecule has 1 unspecified atom stereocenters. The second-order valence-electron chi connectivity index (χ2n) is 7.11. The van der Waals surface area contributed by atoms with Crippen LogP contribution >= 0.6 is 0 Å². The van der Waals surface area contributed by atoms with Crippen molar-refractivity contribution in [2.45, 2.75) is 13.0 Å². The number of carbonyl (C=O) groups excluding carboxylic acids is 3. The van der Waals surface area contributed by atoms with Gasteiger partial charge in [0.05, 0.1) is 24.5 Å². The molecule has 1 aliphatic rings. The van der Waals surface area contributed by atoms with Gasteiger partial charge in [0.25, 0.3) is 11.7 Å². The summed E-state index contributed by atoms with van der Waals surface area (Å²) in [6, 6.07) is 15.4. The number of furan rings is 1. The summed E-state index contributed by atoms with van der Waals surface area (Å²) in [5.74, 6) is -1.58. The predicted molar refractivity (Wildman–Crippen MR) is 117 cm³/mol. The molecule has 162 valence electrons. The van der Waals surface area contributed by atoms with E-state index in [9.17, 15) is 19.5 Å². The number of nitrogens with zero attached hydrogens (tertiary/aromatic N) is 1. The standard InChI is InChI=1S/C24H20N2O6/c1-14(27)25-15-9-11-16(12-10-15)26-21(19-8-5-13-32-19)20(23(29)24(26)30)22(28)17-6-3-4-7-18(17)31-2/h3-13,21,28H,1-2H3,(H,25,27)/b22-20-. The third kappa shape index (κ3) is 3.62. The summed E-state index contributed by atoms with van der Waals surface area (Å²) in [6.07, 6.45) is 1.43. The van der Waals surface area contributed by atoms with E-state index in [1.165, 1.54) is 25.2 Å². The minimum Gasteiger partial charge on any atom is -0.507 e. The molecule has 2 heterocycles. The van der Waals surface area contributed by atoms with Crippen LogP contribution in [-0.2, 0) is 14.4 Å². The van der Waals surface area contributed by atoms with E-state index in [-0.39, 0.29) is 22.8 Å². The molecule has 2 N–H and O–H groups in total. The Labute approximate surface area is 183 Å². The van der Waals surface area contributed by atoms with Crippen LogP contribution in [-0.4, -0.2) is 29.8 Å². The number of aliphatic hydroxyl groups is 1. The predicted octanol–water partition coefficient (Wildman–Crippen LogP) is 3.87. The molecule has 1 saturated heterocycles. The number of aliphatic hydroxyl groups excluding tert-OH is 1.